The third-order valence-electron chi connectivity index (χ3n) is 3.50. The van der Waals surface area contributed by atoms with Crippen LogP contribution in [0.2, 0.25) is 0 Å². The summed E-state index contributed by atoms with van der Waals surface area (Å²) in [7, 11) is 0. The molecular weight excluding hydrogens is 260 g/mol. The summed E-state index contributed by atoms with van der Waals surface area (Å²) in [4.78, 5) is 11.8. The predicted molar refractivity (Wildman–Crippen MR) is 90.4 cm³/mol. The molecule has 0 spiro atoms. The van der Waals surface area contributed by atoms with E-state index in [0.717, 1.165) is 38.0 Å². The predicted octanol–water partition coefficient (Wildman–Crippen LogP) is 4.49. The molecule has 3 heteroatoms. The normalized spacial score (nSPS) is 10.6. The minimum Gasteiger partial charge on any atom is -0.326 e. The van der Waals surface area contributed by atoms with Crippen molar-refractivity contribution in [2.75, 3.05) is 11.9 Å². The number of nitrogens with one attached hydrogen (secondary N) is 2. The molecule has 0 aromatic heterocycles. The molecule has 0 unspecified atom stereocenters. The van der Waals surface area contributed by atoms with Gasteiger partial charge in [0.15, 0.2) is 0 Å². The molecule has 1 rings (SSSR count). The van der Waals surface area contributed by atoms with Crippen molar-refractivity contribution in [1.29, 1.82) is 0 Å². The van der Waals surface area contributed by atoms with E-state index >= 15 is 0 Å². The maximum atomic E-state index is 11.8. The van der Waals surface area contributed by atoms with Crippen LogP contribution in [0.3, 0.4) is 0 Å². The average molecular weight is 290 g/mol. The van der Waals surface area contributed by atoms with Crippen LogP contribution in [0.1, 0.15) is 64.4 Å². The number of rotatable bonds is 11. The Hall–Kier alpha value is -1.35. The number of hydrogen-bond donors (Lipinski definition) is 2. The van der Waals surface area contributed by atoms with Crippen molar-refractivity contribution in [3.05, 3.63) is 29.8 Å². The monoisotopic (exact) mass is 290 g/mol. The van der Waals surface area contributed by atoms with E-state index in [2.05, 4.69) is 36.6 Å². The Labute approximate surface area is 129 Å². The number of unbranched alkanes of at least 4 members (excludes halogenated alkanes) is 4. The third-order valence-corrected chi connectivity index (χ3v) is 3.50. The van der Waals surface area contributed by atoms with Crippen molar-refractivity contribution >= 4 is 11.6 Å². The van der Waals surface area contributed by atoms with E-state index < -0.39 is 0 Å². The van der Waals surface area contributed by atoms with Gasteiger partial charge >= 0.3 is 0 Å². The zero-order valence-corrected chi connectivity index (χ0v) is 13.6. The summed E-state index contributed by atoms with van der Waals surface area (Å²) in [6.07, 6.45) is 7.67. The number of anilines is 1. The maximum Gasteiger partial charge on any atom is 0.224 e. The average Bonchev–Trinajstić information content (AvgIpc) is 2.49. The fraction of sp³-hybridized carbons (Fsp3) is 0.611. The van der Waals surface area contributed by atoms with Crippen molar-refractivity contribution in [2.45, 2.75) is 65.3 Å². The van der Waals surface area contributed by atoms with Gasteiger partial charge in [-0.25, -0.2) is 0 Å². The summed E-state index contributed by atoms with van der Waals surface area (Å²) in [6, 6.07) is 8.11. The molecular formula is C18H30N2O. The van der Waals surface area contributed by atoms with Gasteiger partial charge in [-0.3, -0.25) is 4.79 Å². The lowest BCUT2D eigenvalue weighted by Gasteiger charge is -2.07. The molecule has 0 aliphatic heterocycles. The first kappa shape index (κ1) is 17.7. The van der Waals surface area contributed by atoms with Crippen LogP contribution >= 0.6 is 0 Å². The molecule has 118 valence electrons. The van der Waals surface area contributed by atoms with Crippen molar-refractivity contribution < 1.29 is 4.79 Å². The van der Waals surface area contributed by atoms with Gasteiger partial charge in [0.2, 0.25) is 5.91 Å². The van der Waals surface area contributed by atoms with Gasteiger partial charge in [-0.2, -0.15) is 0 Å². The van der Waals surface area contributed by atoms with E-state index in [-0.39, 0.29) is 5.91 Å². The third kappa shape index (κ3) is 8.51. The number of hydrogen-bond acceptors (Lipinski definition) is 2. The van der Waals surface area contributed by atoms with Crippen LogP contribution in [0, 0.1) is 0 Å². The number of carbonyl (C=O) groups excluding carboxylic acids is 1. The van der Waals surface area contributed by atoms with Crippen molar-refractivity contribution in [1.82, 2.24) is 5.32 Å². The van der Waals surface area contributed by atoms with Crippen LogP contribution < -0.4 is 10.6 Å². The van der Waals surface area contributed by atoms with E-state index in [4.69, 9.17) is 0 Å². The summed E-state index contributed by atoms with van der Waals surface area (Å²) < 4.78 is 0. The molecule has 2 N–H and O–H groups in total. The molecule has 1 amide bonds. The summed E-state index contributed by atoms with van der Waals surface area (Å²) in [5.74, 6) is 0.128. The first-order chi connectivity index (χ1) is 10.3. The van der Waals surface area contributed by atoms with Gasteiger partial charge in [0.25, 0.3) is 0 Å². The van der Waals surface area contributed by atoms with Crippen LogP contribution in [-0.2, 0) is 11.3 Å². The highest BCUT2D eigenvalue weighted by Crippen LogP contribution is 2.11. The minimum atomic E-state index is 0.128. The molecule has 0 atom stereocenters. The maximum absolute atomic E-state index is 11.8. The molecule has 0 aliphatic rings. The number of benzene rings is 1. The highest BCUT2D eigenvalue weighted by atomic mass is 16.1. The molecule has 1 aromatic rings. The number of amides is 1. The van der Waals surface area contributed by atoms with Gasteiger partial charge in [-0.15, -0.1) is 0 Å². The highest BCUT2D eigenvalue weighted by molar-refractivity contribution is 5.90. The molecule has 21 heavy (non-hydrogen) atoms. The lowest BCUT2D eigenvalue weighted by molar-refractivity contribution is -0.116. The van der Waals surface area contributed by atoms with Crippen LogP contribution in [0.5, 0.6) is 0 Å². The Morgan fingerprint density at radius 2 is 1.67 bits per heavy atom. The topological polar surface area (TPSA) is 41.1 Å². The fourth-order valence-corrected chi connectivity index (χ4v) is 2.23. The number of carbonyl (C=O) groups is 1. The van der Waals surface area contributed by atoms with Crippen molar-refractivity contribution in [3.8, 4) is 0 Å². The van der Waals surface area contributed by atoms with Crippen LogP contribution in [0.4, 0.5) is 5.69 Å². The first-order valence-electron chi connectivity index (χ1n) is 8.35. The fourth-order valence-electron chi connectivity index (χ4n) is 2.23. The highest BCUT2D eigenvalue weighted by Gasteiger charge is 2.02. The van der Waals surface area contributed by atoms with Crippen molar-refractivity contribution in [2.24, 2.45) is 0 Å². The van der Waals surface area contributed by atoms with Crippen LogP contribution in [0.15, 0.2) is 24.3 Å². The minimum absolute atomic E-state index is 0.128. The molecule has 0 bridgehead atoms. The molecule has 0 fully saturated rings. The Morgan fingerprint density at radius 3 is 2.33 bits per heavy atom. The summed E-state index contributed by atoms with van der Waals surface area (Å²) >= 11 is 0. The second-order valence-corrected chi connectivity index (χ2v) is 5.59. The van der Waals surface area contributed by atoms with Crippen molar-refractivity contribution in [3.63, 3.8) is 0 Å². The second kappa shape index (κ2) is 11.3. The molecule has 0 saturated heterocycles. The standard InChI is InChI=1S/C18H30N2O/c1-3-5-6-7-8-9-18(21)20-17-12-10-16(11-13-17)15-19-14-4-2/h10-13,19H,3-9,14-15H2,1-2H3,(H,20,21). The quantitative estimate of drug-likeness (QED) is 0.590. The van der Waals surface area contributed by atoms with E-state index in [0.29, 0.717) is 6.42 Å². The van der Waals surface area contributed by atoms with Gasteiger partial charge in [0, 0.05) is 18.7 Å². The van der Waals surface area contributed by atoms with Crippen LogP contribution in [-0.4, -0.2) is 12.5 Å². The molecule has 0 radical (unpaired) electrons. The van der Waals surface area contributed by atoms with E-state index in [1.165, 1.54) is 24.8 Å². The summed E-state index contributed by atoms with van der Waals surface area (Å²) in [6.45, 7) is 6.29. The molecule has 3 nitrogen and oxygen atoms in total. The molecule has 0 heterocycles. The zero-order valence-electron chi connectivity index (χ0n) is 13.6. The van der Waals surface area contributed by atoms with E-state index in [9.17, 15) is 4.79 Å². The lowest BCUT2D eigenvalue weighted by atomic mass is 10.1. The smallest absolute Gasteiger partial charge is 0.224 e. The Morgan fingerprint density at radius 1 is 0.952 bits per heavy atom. The lowest BCUT2D eigenvalue weighted by Crippen LogP contribution is -2.14. The van der Waals surface area contributed by atoms with E-state index in [1.54, 1.807) is 0 Å². The van der Waals surface area contributed by atoms with E-state index in [1.807, 2.05) is 12.1 Å². The Kier molecular flexibility index (Phi) is 9.55. The van der Waals surface area contributed by atoms with Gasteiger partial charge in [0.1, 0.15) is 0 Å². The first-order valence-corrected chi connectivity index (χ1v) is 8.35. The van der Waals surface area contributed by atoms with Gasteiger partial charge in [-0.1, -0.05) is 51.7 Å². The molecule has 0 aliphatic carbocycles. The summed E-state index contributed by atoms with van der Waals surface area (Å²) in [5.41, 5.74) is 2.15. The Balaban J connectivity index is 2.23. The molecule has 0 saturated carbocycles. The van der Waals surface area contributed by atoms with Gasteiger partial charge in [0.05, 0.1) is 0 Å². The van der Waals surface area contributed by atoms with Gasteiger partial charge < -0.3 is 10.6 Å². The SMILES string of the molecule is CCCCCCCC(=O)Nc1ccc(CNCCC)cc1. The largest absolute Gasteiger partial charge is 0.326 e. The summed E-state index contributed by atoms with van der Waals surface area (Å²) in [5, 5.41) is 6.34. The van der Waals surface area contributed by atoms with Gasteiger partial charge in [-0.05, 0) is 37.1 Å². The molecule has 1 aromatic carbocycles. The second-order valence-electron chi connectivity index (χ2n) is 5.59. The zero-order chi connectivity index (χ0) is 15.3. The Bertz CT molecular complexity index is 387. The van der Waals surface area contributed by atoms with Crippen LogP contribution in [0.25, 0.3) is 0 Å².